The van der Waals surface area contributed by atoms with Gasteiger partial charge in [0.2, 0.25) is 5.91 Å². The molecule has 6 N–H and O–H groups in total. The van der Waals surface area contributed by atoms with Crippen molar-refractivity contribution in [3.63, 3.8) is 0 Å². The molecule has 320 valence electrons. The summed E-state index contributed by atoms with van der Waals surface area (Å²) in [6, 6.07) is -0.802. The number of unbranched alkanes of at least 4 members (excludes halogenated alkanes) is 20. The molecule has 9 heteroatoms. The standard InChI is InChI=1S/C46H83NO8/c1-3-5-7-9-10-11-12-13-14-15-16-17-18-19-20-21-22-23-24-25-26-27-28-29-30-32-34-36-42(50)47-39(40(49)35-33-31-8-6-4-2)38-54-46-45(53)44(52)43(51)41(37-48)55-46/h12-13,15-16,18-19,33,35,39-41,43-46,48-49,51-53H,3-11,14,17,20-32,34,36-38H2,1-2H3,(H,47,50)/b13-12-,16-15-,19-18-,35-33+. The normalized spacial score (nSPS) is 21.8. The minimum absolute atomic E-state index is 0.188. The maximum atomic E-state index is 12.8. The number of aliphatic hydroxyl groups is 5. The molecule has 0 bridgehead atoms. The first-order valence-corrected chi connectivity index (χ1v) is 22.4. The lowest BCUT2D eigenvalue weighted by Crippen LogP contribution is -2.60. The molecule has 7 unspecified atom stereocenters. The summed E-state index contributed by atoms with van der Waals surface area (Å²) in [6.45, 7) is 3.63. The Bertz CT molecular complexity index is 998. The average Bonchev–Trinajstić information content (AvgIpc) is 3.18. The van der Waals surface area contributed by atoms with Crippen molar-refractivity contribution in [3.05, 3.63) is 48.6 Å². The highest BCUT2D eigenvalue weighted by Gasteiger charge is 2.44. The van der Waals surface area contributed by atoms with Gasteiger partial charge in [-0.3, -0.25) is 4.79 Å². The predicted octanol–water partition coefficient (Wildman–Crippen LogP) is 9.06. The Morgan fingerprint density at radius 1 is 0.618 bits per heavy atom. The number of amides is 1. The summed E-state index contributed by atoms with van der Waals surface area (Å²) in [5.41, 5.74) is 0. The molecule has 0 radical (unpaired) electrons. The van der Waals surface area contributed by atoms with E-state index in [1.165, 1.54) is 103 Å². The molecule has 1 fully saturated rings. The fraction of sp³-hybridized carbons (Fsp3) is 0.804. The Hall–Kier alpha value is -1.85. The summed E-state index contributed by atoms with van der Waals surface area (Å²) >= 11 is 0. The van der Waals surface area contributed by atoms with Crippen molar-refractivity contribution in [1.82, 2.24) is 5.32 Å². The van der Waals surface area contributed by atoms with Crippen molar-refractivity contribution in [2.24, 2.45) is 0 Å². The number of carbonyl (C=O) groups is 1. The molecule has 1 amide bonds. The van der Waals surface area contributed by atoms with E-state index in [4.69, 9.17) is 9.47 Å². The first-order chi connectivity index (χ1) is 26.8. The van der Waals surface area contributed by atoms with Crippen LogP contribution in [0, 0.1) is 0 Å². The van der Waals surface area contributed by atoms with Crippen LogP contribution in [0.5, 0.6) is 0 Å². The van der Waals surface area contributed by atoms with E-state index in [0.717, 1.165) is 57.8 Å². The first-order valence-electron chi connectivity index (χ1n) is 22.4. The van der Waals surface area contributed by atoms with E-state index >= 15 is 0 Å². The summed E-state index contributed by atoms with van der Waals surface area (Å²) in [5, 5.41) is 53.6. The smallest absolute Gasteiger partial charge is 0.220 e. The monoisotopic (exact) mass is 778 g/mol. The van der Waals surface area contributed by atoms with Crippen LogP contribution in [0.25, 0.3) is 0 Å². The number of hydrogen-bond acceptors (Lipinski definition) is 8. The predicted molar refractivity (Wildman–Crippen MR) is 226 cm³/mol. The Labute approximate surface area is 335 Å². The summed E-state index contributed by atoms with van der Waals surface area (Å²) in [4.78, 5) is 12.8. The fourth-order valence-electron chi connectivity index (χ4n) is 6.75. The zero-order chi connectivity index (χ0) is 40.2. The van der Waals surface area contributed by atoms with Gasteiger partial charge in [0.25, 0.3) is 0 Å². The van der Waals surface area contributed by atoms with Crippen molar-refractivity contribution in [3.8, 4) is 0 Å². The molecule has 0 aromatic carbocycles. The SMILES string of the molecule is CCCCC/C=C/C(O)C(COC1OC(CO)C(O)C(O)C1O)NC(=O)CCCCCCCCCCCCCC/C=C\C/C=C\C/C=C\CCCCCCC. The molecule has 1 heterocycles. The van der Waals surface area contributed by atoms with Gasteiger partial charge < -0.3 is 40.3 Å². The van der Waals surface area contributed by atoms with Gasteiger partial charge in [-0.2, -0.15) is 0 Å². The van der Waals surface area contributed by atoms with Gasteiger partial charge in [-0.15, -0.1) is 0 Å². The Kier molecular flexibility index (Phi) is 33.9. The second-order valence-corrected chi connectivity index (χ2v) is 15.5. The van der Waals surface area contributed by atoms with Crippen LogP contribution in [0.2, 0.25) is 0 Å². The molecular weight excluding hydrogens is 695 g/mol. The number of nitrogens with one attached hydrogen (secondary N) is 1. The number of allylic oxidation sites excluding steroid dienone is 7. The van der Waals surface area contributed by atoms with Gasteiger partial charge in [-0.05, 0) is 57.8 Å². The van der Waals surface area contributed by atoms with Crippen molar-refractivity contribution >= 4 is 5.91 Å². The fourth-order valence-corrected chi connectivity index (χ4v) is 6.75. The molecule has 1 rings (SSSR count). The van der Waals surface area contributed by atoms with Crippen LogP contribution in [0.15, 0.2) is 48.6 Å². The molecule has 7 atom stereocenters. The average molecular weight is 778 g/mol. The van der Waals surface area contributed by atoms with Crippen LogP contribution >= 0.6 is 0 Å². The molecule has 55 heavy (non-hydrogen) atoms. The van der Waals surface area contributed by atoms with Crippen molar-refractivity contribution < 1.29 is 39.8 Å². The van der Waals surface area contributed by atoms with E-state index < -0.39 is 49.5 Å². The summed E-state index contributed by atoms with van der Waals surface area (Å²) < 4.78 is 11.1. The number of rotatable bonds is 36. The van der Waals surface area contributed by atoms with Crippen LogP contribution < -0.4 is 5.32 Å². The molecule has 0 aromatic heterocycles. The lowest BCUT2D eigenvalue weighted by molar-refractivity contribution is -0.302. The molecular formula is C46H83NO8. The minimum Gasteiger partial charge on any atom is -0.394 e. The quantitative estimate of drug-likeness (QED) is 0.0273. The number of ether oxygens (including phenoxy) is 2. The molecule has 1 saturated heterocycles. The zero-order valence-corrected chi connectivity index (χ0v) is 34.9. The second kappa shape index (κ2) is 36.5. The lowest BCUT2D eigenvalue weighted by atomic mass is 9.99. The van der Waals surface area contributed by atoms with Crippen molar-refractivity contribution in [2.75, 3.05) is 13.2 Å². The van der Waals surface area contributed by atoms with E-state index in [2.05, 4.69) is 55.6 Å². The van der Waals surface area contributed by atoms with Crippen LogP contribution in [-0.2, 0) is 14.3 Å². The largest absolute Gasteiger partial charge is 0.394 e. The van der Waals surface area contributed by atoms with Gasteiger partial charge in [-0.25, -0.2) is 0 Å². The third-order valence-corrected chi connectivity index (χ3v) is 10.4. The number of carbonyl (C=O) groups excluding carboxylic acids is 1. The van der Waals surface area contributed by atoms with Crippen LogP contribution in [0.4, 0.5) is 0 Å². The summed E-state index contributed by atoms with van der Waals surface area (Å²) in [7, 11) is 0. The summed E-state index contributed by atoms with van der Waals surface area (Å²) in [6.07, 6.45) is 39.3. The molecule has 0 spiro atoms. The molecule has 0 aliphatic carbocycles. The van der Waals surface area contributed by atoms with Gasteiger partial charge in [0.05, 0.1) is 25.4 Å². The highest BCUT2D eigenvalue weighted by molar-refractivity contribution is 5.76. The van der Waals surface area contributed by atoms with Crippen LogP contribution in [-0.4, -0.2) is 87.5 Å². The van der Waals surface area contributed by atoms with Gasteiger partial charge in [0.1, 0.15) is 24.4 Å². The topological polar surface area (TPSA) is 149 Å². The Morgan fingerprint density at radius 3 is 1.62 bits per heavy atom. The van der Waals surface area contributed by atoms with Crippen molar-refractivity contribution in [2.45, 2.75) is 224 Å². The number of aliphatic hydroxyl groups excluding tert-OH is 5. The van der Waals surface area contributed by atoms with E-state index in [-0.39, 0.29) is 12.5 Å². The minimum atomic E-state index is -1.56. The van der Waals surface area contributed by atoms with Crippen LogP contribution in [0.3, 0.4) is 0 Å². The molecule has 0 saturated carbocycles. The van der Waals surface area contributed by atoms with Gasteiger partial charge in [0, 0.05) is 6.42 Å². The summed E-state index contributed by atoms with van der Waals surface area (Å²) in [5.74, 6) is -0.188. The first kappa shape index (κ1) is 51.2. The maximum absolute atomic E-state index is 12.8. The highest BCUT2D eigenvalue weighted by atomic mass is 16.7. The van der Waals surface area contributed by atoms with E-state index in [1.54, 1.807) is 6.08 Å². The molecule has 9 nitrogen and oxygen atoms in total. The maximum Gasteiger partial charge on any atom is 0.220 e. The van der Waals surface area contributed by atoms with E-state index in [0.29, 0.717) is 6.42 Å². The van der Waals surface area contributed by atoms with Crippen LogP contribution in [0.1, 0.15) is 181 Å². The zero-order valence-electron chi connectivity index (χ0n) is 34.9. The Morgan fingerprint density at radius 2 is 1.07 bits per heavy atom. The highest BCUT2D eigenvalue weighted by Crippen LogP contribution is 2.22. The van der Waals surface area contributed by atoms with Crippen molar-refractivity contribution in [1.29, 1.82) is 0 Å². The number of hydrogen-bond donors (Lipinski definition) is 6. The lowest BCUT2D eigenvalue weighted by Gasteiger charge is -2.40. The third kappa shape index (κ3) is 27.4. The Balaban J connectivity index is 2.13. The van der Waals surface area contributed by atoms with E-state index in [1.807, 2.05) is 6.08 Å². The molecule has 0 aromatic rings. The van der Waals surface area contributed by atoms with Gasteiger partial charge >= 0.3 is 0 Å². The van der Waals surface area contributed by atoms with Gasteiger partial charge in [0.15, 0.2) is 6.29 Å². The van der Waals surface area contributed by atoms with Gasteiger partial charge in [-0.1, -0.05) is 165 Å². The second-order valence-electron chi connectivity index (χ2n) is 15.5. The third-order valence-electron chi connectivity index (χ3n) is 10.4. The molecule has 1 aliphatic heterocycles. The van der Waals surface area contributed by atoms with E-state index in [9.17, 15) is 30.3 Å². The molecule has 1 aliphatic rings.